The van der Waals surface area contributed by atoms with Gasteiger partial charge >= 0.3 is 205 Å². The van der Waals surface area contributed by atoms with Gasteiger partial charge in [0.05, 0.1) is 0 Å². The van der Waals surface area contributed by atoms with Crippen LogP contribution in [-0.2, 0) is 30.1 Å². The van der Waals surface area contributed by atoms with Crippen LogP contribution >= 0.6 is 0 Å². The Kier molecular flexibility index (Phi) is 4.68. The van der Waals surface area contributed by atoms with E-state index in [4.69, 9.17) is 0 Å². The summed E-state index contributed by atoms with van der Waals surface area (Å²) >= 11 is 1.62. The first kappa shape index (κ1) is 20.7. The van der Waals surface area contributed by atoms with Crippen molar-refractivity contribution in [2.75, 3.05) is 0 Å². The number of rotatable bonds is 2. The van der Waals surface area contributed by atoms with Crippen LogP contribution in [0.25, 0.3) is 16.7 Å². The fraction of sp³-hybridized carbons (Fsp3) is 0.533. The molecule has 0 nitrogen and oxygen atoms in total. The molecule has 1 atom stereocenters. The van der Waals surface area contributed by atoms with E-state index in [0.717, 1.165) is 17.8 Å². The van der Waals surface area contributed by atoms with Crippen LogP contribution in [0.4, 0.5) is 0 Å². The molecule has 1 unspecified atom stereocenters. The molecular formula is C30H35Zr. The van der Waals surface area contributed by atoms with E-state index in [1.807, 2.05) is 0 Å². The molecule has 159 valence electrons. The Morgan fingerprint density at radius 2 is 1.42 bits per heavy atom. The summed E-state index contributed by atoms with van der Waals surface area (Å²) in [5.41, 5.74) is 11.5. The predicted molar refractivity (Wildman–Crippen MR) is 127 cm³/mol. The number of hydrogen-bond acceptors (Lipinski definition) is 0. The second-order valence-electron chi connectivity index (χ2n) is 12.3. The van der Waals surface area contributed by atoms with Crippen molar-refractivity contribution >= 4 is 5.57 Å². The van der Waals surface area contributed by atoms with Gasteiger partial charge in [-0.05, 0) is 0 Å². The maximum atomic E-state index is 2.51. The van der Waals surface area contributed by atoms with Crippen LogP contribution in [0.15, 0.2) is 48.0 Å². The summed E-state index contributed by atoms with van der Waals surface area (Å²) in [7, 11) is 0. The number of fused-ring (bicyclic) bond motifs is 1. The van der Waals surface area contributed by atoms with Gasteiger partial charge in [0.25, 0.3) is 0 Å². The van der Waals surface area contributed by atoms with E-state index in [9.17, 15) is 0 Å². The molecule has 0 radical (unpaired) electrons. The summed E-state index contributed by atoms with van der Waals surface area (Å²) in [6.07, 6.45) is 8.93. The Labute approximate surface area is 203 Å². The van der Waals surface area contributed by atoms with E-state index in [1.54, 1.807) is 41.4 Å². The summed E-state index contributed by atoms with van der Waals surface area (Å²) in [5, 5.41) is 0. The zero-order chi connectivity index (χ0) is 21.5. The van der Waals surface area contributed by atoms with Crippen LogP contribution in [0.5, 0.6) is 0 Å². The molecule has 0 spiro atoms. The van der Waals surface area contributed by atoms with Crippen LogP contribution in [0.1, 0.15) is 86.5 Å². The molecule has 2 aromatic rings. The van der Waals surface area contributed by atoms with Crippen LogP contribution in [0, 0.1) is 23.2 Å². The number of benzene rings is 2. The van der Waals surface area contributed by atoms with E-state index >= 15 is 0 Å². The van der Waals surface area contributed by atoms with Gasteiger partial charge < -0.3 is 0 Å². The minimum atomic E-state index is 0.233. The van der Waals surface area contributed by atoms with Crippen molar-refractivity contribution in [1.82, 2.24) is 0 Å². The monoisotopic (exact) mass is 485 g/mol. The second kappa shape index (κ2) is 7.03. The van der Waals surface area contributed by atoms with Gasteiger partial charge in [-0.2, -0.15) is 0 Å². The van der Waals surface area contributed by atoms with Crippen molar-refractivity contribution < 1.29 is 24.7 Å². The van der Waals surface area contributed by atoms with Crippen molar-refractivity contribution in [1.29, 1.82) is 0 Å². The molecular weight excluding hydrogens is 452 g/mol. The van der Waals surface area contributed by atoms with Crippen molar-refractivity contribution in [2.45, 2.75) is 75.3 Å². The molecule has 0 N–H and O–H groups in total. The molecule has 4 fully saturated rings. The summed E-state index contributed by atoms with van der Waals surface area (Å²) in [4.78, 5) is 0. The molecule has 0 heterocycles. The third kappa shape index (κ3) is 3.16. The SMILES string of the molecule is CC1=C(C(C)(C)C)[CH]([Zr])c2cccc(-c3ccc(C45CC6CC(CC(C6)C4)C5)cc3)c21. The molecule has 4 saturated carbocycles. The van der Waals surface area contributed by atoms with E-state index in [2.05, 4.69) is 70.2 Å². The molecule has 4 bridgehead atoms. The van der Waals surface area contributed by atoms with E-state index in [0.29, 0.717) is 9.04 Å². The third-order valence-corrected chi connectivity index (χ3v) is 10.6. The first-order chi connectivity index (χ1) is 14.7. The van der Waals surface area contributed by atoms with Crippen molar-refractivity contribution in [3.8, 4) is 11.1 Å². The summed E-state index contributed by atoms with van der Waals surface area (Å²) in [6.45, 7) is 9.52. The summed E-state index contributed by atoms with van der Waals surface area (Å²) in [5.74, 6) is 3.03. The quantitative estimate of drug-likeness (QED) is 0.401. The van der Waals surface area contributed by atoms with Gasteiger partial charge in [-0.25, -0.2) is 0 Å². The average Bonchev–Trinajstić information content (AvgIpc) is 2.98. The molecule has 5 aliphatic rings. The molecule has 0 amide bonds. The van der Waals surface area contributed by atoms with Gasteiger partial charge in [0, 0.05) is 0 Å². The molecule has 2 aromatic carbocycles. The predicted octanol–water partition coefficient (Wildman–Crippen LogP) is 8.24. The summed E-state index contributed by atoms with van der Waals surface area (Å²) in [6, 6.07) is 16.9. The van der Waals surface area contributed by atoms with Gasteiger partial charge in [-0.1, -0.05) is 0 Å². The normalized spacial score (nSPS) is 33.8. The topological polar surface area (TPSA) is 0 Å². The van der Waals surface area contributed by atoms with E-state index in [-0.39, 0.29) is 5.41 Å². The van der Waals surface area contributed by atoms with Gasteiger partial charge in [0.15, 0.2) is 0 Å². The first-order valence-corrected chi connectivity index (χ1v) is 13.8. The zero-order valence-electron chi connectivity index (χ0n) is 19.6. The molecule has 31 heavy (non-hydrogen) atoms. The standard InChI is InChI=1S/C30H35.Zr/c1-19-27(29(2,3)4)15-24-6-5-7-26(28(19)24)23-8-10-25(11-9-23)30-16-20-12-21(17-30)14-22(13-20)18-30;/h5-11,15,20-22H,12-14,16-18H2,1-4H3;. The van der Waals surface area contributed by atoms with Crippen molar-refractivity contribution in [3.05, 3.63) is 64.7 Å². The fourth-order valence-corrected chi connectivity index (χ4v) is 10.6. The Hall–Kier alpha value is -0.937. The molecule has 0 aliphatic heterocycles. The Balaban J connectivity index is 1.39. The third-order valence-electron chi connectivity index (χ3n) is 9.13. The van der Waals surface area contributed by atoms with Crippen LogP contribution < -0.4 is 0 Å². The average molecular weight is 487 g/mol. The van der Waals surface area contributed by atoms with Crippen molar-refractivity contribution in [3.63, 3.8) is 0 Å². The van der Waals surface area contributed by atoms with Gasteiger partial charge in [0.2, 0.25) is 0 Å². The molecule has 7 rings (SSSR count). The Morgan fingerprint density at radius 3 is 1.97 bits per heavy atom. The zero-order valence-corrected chi connectivity index (χ0v) is 22.1. The van der Waals surface area contributed by atoms with Crippen LogP contribution in [-0.4, -0.2) is 0 Å². The minimum absolute atomic E-state index is 0.233. The van der Waals surface area contributed by atoms with Gasteiger partial charge in [-0.15, -0.1) is 0 Å². The van der Waals surface area contributed by atoms with E-state index in [1.165, 1.54) is 60.8 Å². The molecule has 0 saturated heterocycles. The molecule has 5 aliphatic carbocycles. The van der Waals surface area contributed by atoms with E-state index < -0.39 is 0 Å². The maximum absolute atomic E-state index is 2.51. The first-order valence-electron chi connectivity index (χ1n) is 12.4. The van der Waals surface area contributed by atoms with Crippen molar-refractivity contribution in [2.24, 2.45) is 23.2 Å². The van der Waals surface area contributed by atoms with Gasteiger partial charge in [-0.3, -0.25) is 0 Å². The number of allylic oxidation sites excluding steroid dienone is 2. The molecule has 0 aromatic heterocycles. The second-order valence-corrected chi connectivity index (χ2v) is 13.7. The van der Waals surface area contributed by atoms with Crippen LogP contribution in [0.2, 0.25) is 0 Å². The van der Waals surface area contributed by atoms with Crippen LogP contribution in [0.3, 0.4) is 0 Å². The Bertz CT molecular complexity index is 1030. The Morgan fingerprint density at radius 1 is 0.839 bits per heavy atom. The number of hydrogen-bond donors (Lipinski definition) is 0. The summed E-state index contributed by atoms with van der Waals surface area (Å²) < 4.78 is 0.605. The fourth-order valence-electron chi connectivity index (χ4n) is 8.44. The van der Waals surface area contributed by atoms with Gasteiger partial charge in [0.1, 0.15) is 0 Å². The molecule has 1 heteroatoms.